The van der Waals surface area contributed by atoms with E-state index in [1.165, 1.54) is 44.2 Å². The molecule has 3 unspecified atom stereocenters. The van der Waals surface area contributed by atoms with Gasteiger partial charge in [0.15, 0.2) is 0 Å². The molecule has 1 heterocycles. The summed E-state index contributed by atoms with van der Waals surface area (Å²) in [7, 11) is 0. The summed E-state index contributed by atoms with van der Waals surface area (Å²) in [6.45, 7) is 2.20. The Bertz CT molecular complexity index is 450. The van der Waals surface area contributed by atoms with Gasteiger partial charge in [0.05, 0.1) is 6.10 Å². The van der Waals surface area contributed by atoms with Gasteiger partial charge >= 0.3 is 0 Å². The van der Waals surface area contributed by atoms with Crippen LogP contribution in [0, 0.1) is 5.92 Å². The van der Waals surface area contributed by atoms with Crippen molar-refractivity contribution >= 4 is 15.9 Å². The van der Waals surface area contributed by atoms with E-state index in [0.717, 1.165) is 17.4 Å². The number of hydrogen-bond donors (Lipinski definition) is 1. The quantitative estimate of drug-likeness (QED) is 0.902. The number of aliphatic hydroxyl groups is 1. The molecule has 20 heavy (non-hydrogen) atoms. The van der Waals surface area contributed by atoms with Gasteiger partial charge in [-0.1, -0.05) is 40.9 Å². The molecule has 0 spiro atoms. The fraction of sp³-hybridized carbons (Fsp3) is 0.647. The predicted octanol–water partition coefficient (Wildman–Crippen LogP) is 3.96. The van der Waals surface area contributed by atoms with E-state index in [1.54, 1.807) is 0 Å². The minimum Gasteiger partial charge on any atom is -0.393 e. The fourth-order valence-corrected chi connectivity index (χ4v) is 4.43. The molecule has 1 aromatic carbocycles. The molecule has 3 rings (SSSR count). The number of nitrogens with zero attached hydrogens (tertiary/aromatic N) is 1. The van der Waals surface area contributed by atoms with E-state index in [2.05, 4.69) is 45.1 Å². The van der Waals surface area contributed by atoms with Crippen LogP contribution in [0.25, 0.3) is 0 Å². The van der Waals surface area contributed by atoms with Crippen LogP contribution in [0.3, 0.4) is 0 Å². The van der Waals surface area contributed by atoms with E-state index in [-0.39, 0.29) is 6.10 Å². The van der Waals surface area contributed by atoms with Crippen molar-refractivity contribution < 1.29 is 5.11 Å². The van der Waals surface area contributed by atoms with Crippen LogP contribution < -0.4 is 0 Å². The molecule has 0 aromatic heterocycles. The first-order chi connectivity index (χ1) is 9.74. The van der Waals surface area contributed by atoms with Gasteiger partial charge in [-0.15, -0.1) is 0 Å². The molecule has 1 aromatic rings. The van der Waals surface area contributed by atoms with Crippen LogP contribution in [0.1, 0.15) is 44.1 Å². The normalized spacial score (nSPS) is 31.6. The summed E-state index contributed by atoms with van der Waals surface area (Å²) < 4.78 is 1.16. The van der Waals surface area contributed by atoms with Gasteiger partial charge in [-0.2, -0.15) is 0 Å². The number of likely N-dealkylation sites (tertiary alicyclic amines) is 1. The molecule has 1 saturated heterocycles. The first-order valence-electron chi connectivity index (χ1n) is 7.90. The highest BCUT2D eigenvalue weighted by Crippen LogP contribution is 2.35. The molecule has 0 bridgehead atoms. The van der Waals surface area contributed by atoms with Crippen LogP contribution in [0.4, 0.5) is 0 Å². The van der Waals surface area contributed by atoms with Crippen molar-refractivity contribution in [2.45, 2.75) is 57.2 Å². The molecular weight excluding hydrogens is 314 g/mol. The first kappa shape index (κ1) is 14.6. The van der Waals surface area contributed by atoms with E-state index < -0.39 is 0 Å². The third-order valence-corrected chi connectivity index (χ3v) is 5.46. The Morgan fingerprint density at radius 1 is 1.15 bits per heavy atom. The summed E-state index contributed by atoms with van der Waals surface area (Å²) >= 11 is 3.56. The molecule has 0 radical (unpaired) electrons. The lowest BCUT2D eigenvalue weighted by Gasteiger charge is -2.40. The van der Waals surface area contributed by atoms with Crippen molar-refractivity contribution in [3.8, 4) is 0 Å². The van der Waals surface area contributed by atoms with Crippen LogP contribution in [-0.4, -0.2) is 28.7 Å². The molecule has 1 N–H and O–H groups in total. The van der Waals surface area contributed by atoms with Gasteiger partial charge in [-0.25, -0.2) is 0 Å². The van der Waals surface area contributed by atoms with Crippen molar-refractivity contribution in [2.24, 2.45) is 5.92 Å². The van der Waals surface area contributed by atoms with Gasteiger partial charge in [0.25, 0.3) is 0 Å². The highest BCUT2D eigenvalue weighted by Gasteiger charge is 2.36. The Kier molecular flexibility index (Phi) is 4.79. The lowest BCUT2D eigenvalue weighted by atomic mass is 9.87. The number of piperidine rings is 1. The minimum atomic E-state index is -0.0666. The molecule has 3 atom stereocenters. The number of hydrogen-bond acceptors (Lipinski definition) is 2. The second-order valence-electron chi connectivity index (χ2n) is 6.33. The molecule has 1 saturated carbocycles. The number of rotatable bonds is 3. The standard InChI is InChI=1S/C17H24BrNO/c18-14-6-3-5-13(11-14)12-19-10-2-1-8-16(19)15-7-4-9-17(15)20/h3,5-6,11,15-17,20H,1-2,4,7-10,12H2. The number of benzene rings is 1. The molecule has 0 amide bonds. The van der Waals surface area contributed by atoms with E-state index in [4.69, 9.17) is 0 Å². The van der Waals surface area contributed by atoms with Gasteiger partial charge in [0.1, 0.15) is 0 Å². The summed E-state index contributed by atoms with van der Waals surface area (Å²) in [5.74, 6) is 0.502. The topological polar surface area (TPSA) is 23.5 Å². The molecule has 3 heteroatoms. The Hall–Kier alpha value is -0.380. The summed E-state index contributed by atoms with van der Waals surface area (Å²) in [6.07, 6.45) is 7.23. The zero-order valence-electron chi connectivity index (χ0n) is 12.0. The van der Waals surface area contributed by atoms with E-state index >= 15 is 0 Å². The van der Waals surface area contributed by atoms with Crippen LogP contribution in [0.15, 0.2) is 28.7 Å². The van der Waals surface area contributed by atoms with Gasteiger partial charge < -0.3 is 5.11 Å². The number of halogens is 1. The average molecular weight is 338 g/mol. The average Bonchev–Trinajstić information content (AvgIpc) is 2.86. The minimum absolute atomic E-state index is 0.0666. The molecule has 2 fully saturated rings. The molecule has 2 nitrogen and oxygen atoms in total. The zero-order chi connectivity index (χ0) is 13.9. The molecule has 1 aliphatic carbocycles. The summed E-state index contributed by atoms with van der Waals surface area (Å²) in [4.78, 5) is 2.62. The van der Waals surface area contributed by atoms with Crippen LogP contribution >= 0.6 is 15.9 Å². The highest BCUT2D eigenvalue weighted by molar-refractivity contribution is 9.10. The van der Waals surface area contributed by atoms with Crippen molar-refractivity contribution in [1.82, 2.24) is 4.90 Å². The largest absolute Gasteiger partial charge is 0.393 e. The highest BCUT2D eigenvalue weighted by atomic mass is 79.9. The van der Waals surface area contributed by atoms with Crippen molar-refractivity contribution in [1.29, 1.82) is 0 Å². The van der Waals surface area contributed by atoms with Gasteiger partial charge in [-0.3, -0.25) is 4.90 Å². The SMILES string of the molecule is OC1CCCC1C1CCCCN1Cc1cccc(Br)c1. The Labute approximate surface area is 130 Å². The van der Waals surface area contributed by atoms with E-state index in [9.17, 15) is 5.11 Å². The van der Waals surface area contributed by atoms with Crippen LogP contribution in [0.5, 0.6) is 0 Å². The zero-order valence-corrected chi connectivity index (χ0v) is 13.6. The van der Waals surface area contributed by atoms with Crippen molar-refractivity contribution in [3.63, 3.8) is 0 Å². The Balaban J connectivity index is 1.72. The third-order valence-electron chi connectivity index (χ3n) is 4.96. The number of aliphatic hydroxyl groups excluding tert-OH is 1. The fourth-order valence-electron chi connectivity index (χ4n) is 3.99. The van der Waals surface area contributed by atoms with Crippen molar-refractivity contribution in [2.75, 3.05) is 6.54 Å². The molecule has 2 aliphatic rings. The molecular formula is C17H24BrNO. The maximum Gasteiger partial charge on any atom is 0.0583 e. The van der Waals surface area contributed by atoms with Gasteiger partial charge in [0.2, 0.25) is 0 Å². The maximum absolute atomic E-state index is 10.2. The summed E-state index contributed by atoms with van der Waals surface area (Å²) in [5.41, 5.74) is 1.37. The summed E-state index contributed by atoms with van der Waals surface area (Å²) in [5, 5.41) is 10.2. The smallest absolute Gasteiger partial charge is 0.0583 e. The van der Waals surface area contributed by atoms with Crippen LogP contribution in [0.2, 0.25) is 0 Å². The molecule has 1 aliphatic heterocycles. The third kappa shape index (κ3) is 3.26. The van der Waals surface area contributed by atoms with Gasteiger partial charge in [-0.05, 0) is 49.9 Å². The lowest BCUT2D eigenvalue weighted by Crippen LogP contribution is -2.45. The lowest BCUT2D eigenvalue weighted by molar-refractivity contribution is 0.0313. The maximum atomic E-state index is 10.2. The van der Waals surface area contributed by atoms with E-state index in [1.807, 2.05) is 0 Å². The second-order valence-corrected chi connectivity index (χ2v) is 7.24. The Morgan fingerprint density at radius 3 is 2.80 bits per heavy atom. The predicted molar refractivity (Wildman–Crippen MR) is 85.5 cm³/mol. The molecule has 110 valence electrons. The monoisotopic (exact) mass is 337 g/mol. The second kappa shape index (κ2) is 6.59. The van der Waals surface area contributed by atoms with E-state index in [0.29, 0.717) is 12.0 Å². The Morgan fingerprint density at radius 2 is 2.05 bits per heavy atom. The first-order valence-corrected chi connectivity index (χ1v) is 8.70. The van der Waals surface area contributed by atoms with Crippen LogP contribution in [-0.2, 0) is 6.54 Å². The van der Waals surface area contributed by atoms with Gasteiger partial charge in [0, 0.05) is 23.0 Å². The van der Waals surface area contributed by atoms with Crippen molar-refractivity contribution in [3.05, 3.63) is 34.3 Å². The summed E-state index contributed by atoms with van der Waals surface area (Å²) in [6, 6.07) is 9.21.